The highest BCUT2D eigenvalue weighted by Crippen LogP contribution is 2.29. The van der Waals surface area contributed by atoms with Crippen LogP contribution in [0.1, 0.15) is 21.5 Å². The van der Waals surface area contributed by atoms with Crippen molar-refractivity contribution in [1.29, 1.82) is 0 Å². The van der Waals surface area contributed by atoms with Gasteiger partial charge in [0, 0.05) is 40.2 Å². The van der Waals surface area contributed by atoms with Gasteiger partial charge >= 0.3 is 0 Å². The third-order valence-electron chi connectivity index (χ3n) is 4.62. The number of carbonyl (C=O) groups is 1. The quantitative estimate of drug-likeness (QED) is 0.487. The first-order valence-corrected chi connectivity index (χ1v) is 9.83. The summed E-state index contributed by atoms with van der Waals surface area (Å²) in [7, 11) is 0. The molecule has 1 amide bonds. The van der Waals surface area contributed by atoms with E-state index in [4.69, 9.17) is 4.98 Å². The molecule has 4 rings (SSSR count). The minimum absolute atomic E-state index is 0.115. The van der Waals surface area contributed by atoms with Crippen molar-refractivity contribution in [2.45, 2.75) is 13.8 Å². The van der Waals surface area contributed by atoms with Crippen molar-refractivity contribution in [1.82, 2.24) is 9.97 Å². The molecule has 0 aliphatic rings. The molecule has 0 bridgehead atoms. The Morgan fingerprint density at radius 1 is 0.929 bits per heavy atom. The van der Waals surface area contributed by atoms with Crippen LogP contribution in [0.2, 0.25) is 0 Å². The van der Waals surface area contributed by atoms with Crippen LogP contribution in [0.5, 0.6) is 0 Å². The largest absolute Gasteiger partial charge is 0.322 e. The molecule has 28 heavy (non-hydrogen) atoms. The minimum atomic E-state index is -0.115. The molecule has 0 aliphatic carbocycles. The number of pyridine rings is 1. The fourth-order valence-corrected chi connectivity index (χ4v) is 3.71. The van der Waals surface area contributed by atoms with Crippen LogP contribution in [-0.2, 0) is 0 Å². The zero-order valence-corrected chi connectivity index (χ0v) is 16.5. The van der Waals surface area contributed by atoms with Crippen molar-refractivity contribution >= 4 is 22.9 Å². The number of aryl methyl sites for hydroxylation is 2. The summed E-state index contributed by atoms with van der Waals surface area (Å²) in [6.07, 6.45) is 3.53. The highest BCUT2D eigenvalue weighted by atomic mass is 32.1. The van der Waals surface area contributed by atoms with Gasteiger partial charge in [0.15, 0.2) is 0 Å². The predicted molar refractivity (Wildman–Crippen MR) is 115 cm³/mol. The number of amides is 1. The lowest BCUT2D eigenvalue weighted by Crippen LogP contribution is -2.12. The molecule has 0 radical (unpaired) electrons. The molecule has 5 heteroatoms. The Morgan fingerprint density at radius 3 is 2.54 bits per heavy atom. The van der Waals surface area contributed by atoms with Crippen LogP contribution in [0.4, 0.5) is 5.69 Å². The number of hydrogen-bond donors (Lipinski definition) is 1. The van der Waals surface area contributed by atoms with Crippen molar-refractivity contribution in [3.05, 3.63) is 89.1 Å². The number of carbonyl (C=O) groups excluding carboxylic acids is 1. The molecule has 2 heterocycles. The van der Waals surface area contributed by atoms with Crippen LogP contribution in [-0.4, -0.2) is 15.9 Å². The van der Waals surface area contributed by atoms with E-state index in [1.54, 1.807) is 23.7 Å². The number of anilines is 1. The smallest absolute Gasteiger partial charge is 0.255 e. The number of aromatic nitrogens is 2. The summed E-state index contributed by atoms with van der Waals surface area (Å²) in [5.41, 5.74) is 6.58. The van der Waals surface area contributed by atoms with Crippen LogP contribution in [0.15, 0.2) is 72.4 Å². The van der Waals surface area contributed by atoms with E-state index >= 15 is 0 Å². The average molecular weight is 385 g/mol. The molecule has 1 N–H and O–H groups in total. The SMILES string of the molecule is Cc1ccc(C(=O)Nc2cccc(-c3csc(-c4ccncc4)n3)c2)cc1C. The van der Waals surface area contributed by atoms with Gasteiger partial charge in [-0.2, -0.15) is 0 Å². The molecule has 0 aliphatic heterocycles. The van der Waals surface area contributed by atoms with E-state index in [2.05, 4.69) is 10.3 Å². The number of benzene rings is 2. The molecule has 0 saturated heterocycles. The van der Waals surface area contributed by atoms with E-state index in [1.165, 1.54) is 5.56 Å². The number of thiazole rings is 1. The van der Waals surface area contributed by atoms with E-state index in [0.717, 1.165) is 33.1 Å². The molecular weight excluding hydrogens is 366 g/mol. The third-order valence-corrected chi connectivity index (χ3v) is 5.51. The molecule has 0 fully saturated rings. The Kier molecular flexibility index (Phi) is 5.00. The second-order valence-electron chi connectivity index (χ2n) is 6.61. The van der Waals surface area contributed by atoms with Gasteiger partial charge in [-0.3, -0.25) is 9.78 Å². The van der Waals surface area contributed by atoms with Gasteiger partial charge in [0.05, 0.1) is 5.69 Å². The predicted octanol–water partition coefficient (Wildman–Crippen LogP) is 5.74. The van der Waals surface area contributed by atoms with Gasteiger partial charge in [-0.25, -0.2) is 4.98 Å². The molecule has 138 valence electrons. The van der Waals surface area contributed by atoms with E-state index < -0.39 is 0 Å². The highest BCUT2D eigenvalue weighted by molar-refractivity contribution is 7.13. The number of hydrogen-bond acceptors (Lipinski definition) is 4. The Balaban J connectivity index is 1.56. The van der Waals surface area contributed by atoms with Gasteiger partial charge in [0.1, 0.15) is 5.01 Å². The molecular formula is C23H19N3OS. The lowest BCUT2D eigenvalue weighted by atomic mass is 10.1. The van der Waals surface area contributed by atoms with Gasteiger partial charge in [0.25, 0.3) is 5.91 Å². The molecule has 2 aromatic heterocycles. The molecule has 0 unspecified atom stereocenters. The summed E-state index contributed by atoms with van der Waals surface area (Å²) >= 11 is 1.59. The first-order valence-electron chi connectivity index (χ1n) is 8.95. The second-order valence-corrected chi connectivity index (χ2v) is 7.47. The van der Waals surface area contributed by atoms with Crippen molar-refractivity contribution in [3.63, 3.8) is 0 Å². The van der Waals surface area contributed by atoms with Crippen molar-refractivity contribution in [2.75, 3.05) is 5.32 Å². The zero-order valence-electron chi connectivity index (χ0n) is 15.6. The molecule has 0 saturated carbocycles. The van der Waals surface area contributed by atoms with Gasteiger partial charge < -0.3 is 5.32 Å². The summed E-state index contributed by atoms with van der Waals surface area (Å²) in [5, 5.41) is 5.96. The normalized spacial score (nSPS) is 10.6. The number of nitrogens with zero attached hydrogens (tertiary/aromatic N) is 2. The van der Waals surface area contributed by atoms with Gasteiger partial charge in [-0.15, -0.1) is 11.3 Å². The molecule has 4 aromatic rings. The third kappa shape index (κ3) is 3.85. The van der Waals surface area contributed by atoms with Gasteiger partial charge in [-0.05, 0) is 61.4 Å². The van der Waals surface area contributed by atoms with Gasteiger partial charge in [-0.1, -0.05) is 18.2 Å². The number of rotatable bonds is 4. The summed E-state index contributed by atoms with van der Waals surface area (Å²) in [6.45, 7) is 4.05. The fourth-order valence-electron chi connectivity index (χ4n) is 2.88. The van der Waals surface area contributed by atoms with E-state index in [-0.39, 0.29) is 5.91 Å². The average Bonchev–Trinajstić information content (AvgIpc) is 3.21. The molecule has 0 spiro atoms. The lowest BCUT2D eigenvalue weighted by molar-refractivity contribution is 0.102. The van der Waals surface area contributed by atoms with Crippen LogP contribution in [0, 0.1) is 13.8 Å². The second kappa shape index (κ2) is 7.74. The standard InChI is InChI=1S/C23H19N3OS/c1-15-6-7-19(12-16(15)2)22(27)25-20-5-3-4-18(13-20)21-14-28-23(26-21)17-8-10-24-11-9-17/h3-14H,1-2H3,(H,25,27). The zero-order chi connectivity index (χ0) is 19.5. The number of nitrogens with one attached hydrogen (secondary N) is 1. The first kappa shape index (κ1) is 18.1. The summed E-state index contributed by atoms with van der Waals surface area (Å²) < 4.78 is 0. The van der Waals surface area contributed by atoms with Crippen molar-refractivity contribution < 1.29 is 4.79 Å². The van der Waals surface area contributed by atoms with E-state index in [9.17, 15) is 4.79 Å². The maximum Gasteiger partial charge on any atom is 0.255 e. The van der Waals surface area contributed by atoms with Gasteiger partial charge in [0.2, 0.25) is 0 Å². The summed E-state index contributed by atoms with van der Waals surface area (Å²) in [5.74, 6) is -0.115. The Morgan fingerprint density at radius 2 is 1.75 bits per heavy atom. The Hall–Kier alpha value is -3.31. The minimum Gasteiger partial charge on any atom is -0.322 e. The monoisotopic (exact) mass is 385 g/mol. The molecule has 2 aromatic carbocycles. The topological polar surface area (TPSA) is 54.9 Å². The Bertz CT molecular complexity index is 1140. The van der Waals surface area contributed by atoms with Crippen LogP contribution < -0.4 is 5.32 Å². The highest BCUT2D eigenvalue weighted by Gasteiger charge is 2.10. The Labute approximate surface area is 167 Å². The van der Waals surface area contributed by atoms with Crippen molar-refractivity contribution in [3.8, 4) is 21.8 Å². The molecule has 4 nitrogen and oxygen atoms in total. The van der Waals surface area contributed by atoms with Crippen molar-refractivity contribution in [2.24, 2.45) is 0 Å². The maximum absolute atomic E-state index is 12.6. The summed E-state index contributed by atoms with van der Waals surface area (Å²) in [4.78, 5) is 21.4. The maximum atomic E-state index is 12.6. The lowest BCUT2D eigenvalue weighted by Gasteiger charge is -2.08. The van der Waals surface area contributed by atoms with Crippen LogP contribution >= 0.6 is 11.3 Å². The fraction of sp³-hybridized carbons (Fsp3) is 0.0870. The van der Waals surface area contributed by atoms with E-state index in [0.29, 0.717) is 5.56 Å². The molecule has 0 atom stereocenters. The first-order chi connectivity index (χ1) is 13.6. The van der Waals surface area contributed by atoms with Crippen LogP contribution in [0.3, 0.4) is 0 Å². The van der Waals surface area contributed by atoms with Crippen LogP contribution in [0.25, 0.3) is 21.8 Å². The summed E-state index contributed by atoms with van der Waals surface area (Å²) in [6, 6.07) is 17.4. The van der Waals surface area contributed by atoms with E-state index in [1.807, 2.05) is 73.8 Å².